The fourth-order valence-electron chi connectivity index (χ4n) is 4.21. The molecule has 2 heterocycles. The number of benzene rings is 1. The lowest BCUT2D eigenvalue weighted by atomic mass is 9.79. The van der Waals surface area contributed by atoms with Crippen LogP contribution >= 0.6 is 11.3 Å². The first-order valence-corrected chi connectivity index (χ1v) is 10.9. The van der Waals surface area contributed by atoms with Gasteiger partial charge in [-0.25, -0.2) is 9.78 Å². The maximum Gasteiger partial charge on any atom is 0.336 e. The molecule has 3 aromatic rings. The molecule has 2 aromatic heterocycles. The third-order valence-electron chi connectivity index (χ3n) is 5.80. The van der Waals surface area contributed by atoms with E-state index in [4.69, 9.17) is 0 Å². The van der Waals surface area contributed by atoms with E-state index < -0.39 is 5.97 Å². The van der Waals surface area contributed by atoms with Gasteiger partial charge in [0.15, 0.2) is 0 Å². The molecule has 0 fully saturated rings. The molecule has 0 saturated carbocycles. The number of carbonyl (C=O) groups is 1. The van der Waals surface area contributed by atoms with E-state index in [-0.39, 0.29) is 0 Å². The van der Waals surface area contributed by atoms with Gasteiger partial charge < -0.3 is 10.0 Å². The molecule has 1 aliphatic rings. The smallest absolute Gasteiger partial charge is 0.336 e. The third-order valence-corrected chi connectivity index (χ3v) is 6.56. The second kappa shape index (κ2) is 8.33. The zero-order chi connectivity index (χ0) is 20.4. The monoisotopic (exact) mass is 407 g/mol. The minimum Gasteiger partial charge on any atom is -0.478 e. The van der Waals surface area contributed by atoms with Crippen molar-refractivity contribution in [3.05, 3.63) is 69.3 Å². The summed E-state index contributed by atoms with van der Waals surface area (Å²) in [4.78, 5) is 22.3. The average Bonchev–Trinajstić information content (AvgIpc) is 3.17. The van der Waals surface area contributed by atoms with E-state index in [1.165, 1.54) is 17.5 Å². The number of thiazole rings is 1. The highest BCUT2D eigenvalue weighted by Crippen LogP contribution is 2.37. The molecule has 0 unspecified atom stereocenters. The lowest BCUT2D eigenvalue weighted by molar-refractivity contribution is 0.0695. The van der Waals surface area contributed by atoms with Crippen molar-refractivity contribution >= 4 is 28.8 Å². The van der Waals surface area contributed by atoms with Crippen molar-refractivity contribution in [2.24, 2.45) is 0 Å². The van der Waals surface area contributed by atoms with E-state index in [2.05, 4.69) is 45.5 Å². The standard InChI is InChI=1S/C23H25N3O2S/c1-15-25-22(14-29-15)26(2)19-8-9-20-16(4-3-5-17(20)12-19)6-7-18-13-24-11-10-21(18)23(27)28/h8-14,16H,3-7H2,1-2H3,(H,27,28)/t16-/m0/s1. The summed E-state index contributed by atoms with van der Waals surface area (Å²) in [5.41, 5.74) is 5.16. The number of aromatic carboxylic acids is 1. The van der Waals surface area contributed by atoms with Gasteiger partial charge in [0.25, 0.3) is 0 Å². The highest BCUT2D eigenvalue weighted by Gasteiger charge is 2.22. The number of nitrogens with zero attached hydrogens (tertiary/aromatic N) is 3. The number of hydrogen-bond acceptors (Lipinski definition) is 5. The first kappa shape index (κ1) is 19.6. The minimum absolute atomic E-state index is 0.367. The van der Waals surface area contributed by atoms with E-state index in [1.807, 2.05) is 6.92 Å². The predicted octanol–water partition coefficient (Wildman–Crippen LogP) is 5.37. The number of pyridine rings is 1. The van der Waals surface area contributed by atoms with E-state index in [1.54, 1.807) is 29.8 Å². The van der Waals surface area contributed by atoms with Gasteiger partial charge >= 0.3 is 5.97 Å². The van der Waals surface area contributed by atoms with Crippen LogP contribution in [0.1, 0.15) is 57.2 Å². The van der Waals surface area contributed by atoms with Gasteiger partial charge in [0, 0.05) is 30.5 Å². The molecule has 29 heavy (non-hydrogen) atoms. The normalized spacial score (nSPS) is 15.7. The molecule has 1 aromatic carbocycles. The van der Waals surface area contributed by atoms with Crippen molar-refractivity contribution in [1.29, 1.82) is 0 Å². The summed E-state index contributed by atoms with van der Waals surface area (Å²) in [5.74, 6) is 0.565. The molecule has 0 saturated heterocycles. The molecule has 0 radical (unpaired) electrons. The highest BCUT2D eigenvalue weighted by atomic mass is 32.1. The van der Waals surface area contributed by atoms with Gasteiger partial charge in [-0.3, -0.25) is 4.98 Å². The first-order valence-electron chi connectivity index (χ1n) is 9.98. The summed E-state index contributed by atoms with van der Waals surface area (Å²) in [6, 6.07) is 8.32. The lowest BCUT2D eigenvalue weighted by Gasteiger charge is -2.27. The fourth-order valence-corrected chi connectivity index (χ4v) is 4.85. The van der Waals surface area contributed by atoms with Crippen LogP contribution in [0.4, 0.5) is 11.5 Å². The lowest BCUT2D eigenvalue weighted by Crippen LogP contribution is -2.14. The van der Waals surface area contributed by atoms with Crippen molar-refractivity contribution in [2.75, 3.05) is 11.9 Å². The van der Waals surface area contributed by atoms with Crippen molar-refractivity contribution in [2.45, 2.75) is 44.9 Å². The van der Waals surface area contributed by atoms with Crippen LogP contribution in [-0.4, -0.2) is 28.1 Å². The second-order valence-corrected chi connectivity index (χ2v) is 8.69. The van der Waals surface area contributed by atoms with Crippen LogP contribution in [0.3, 0.4) is 0 Å². The Balaban J connectivity index is 1.52. The van der Waals surface area contributed by atoms with Crippen LogP contribution in [0, 0.1) is 6.92 Å². The summed E-state index contributed by atoms with van der Waals surface area (Å²) in [7, 11) is 2.06. The van der Waals surface area contributed by atoms with Crippen LogP contribution in [0.5, 0.6) is 0 Å². The number of rotatable bonds is 6. The molecule has 1 N–H and O–H groups in total. The van der Waals surface area contributed by atoms with Crippen LogP contribution in [0.25, 0.3) is 0 Å². The molecular weight excluding hydrogens is 382 g/mol. The van der Waals surface area contributed by atoms with Gasteiger partial charge in [-0.1, -0.05) is 6.07 Å². The number of carboxylic acid groups (broad SMARTS) is 1. The Morgan fingerprint density at radius 2 is 2.21 bits per heavy atom. The Morgan fingerprint density at radius 1 is 1.34 bits per heavy atom. The van der Waals surface area contributed by atoms with E-state index in [9.17, 15) is 9.90 Å². The fraction of sp³-hybridized carbons (Fsp3) is 0.348. The van der Waals surface area contributed by atoms with Crippen LogP contribution in [-0.2, 0) is 12.8 Å². The molecule has 6 heteroatoms. The molecule has 1 atom stereocenters. The van der Waals surface area contributed by atoms with Gasteiger partial charge in [-0.15, -0.1) is 11.3 Å². The van der Waals surface area contributed by atoms with Gasteiger partial charge in [-0.2, -0.15) is 0 Å². The van der Waals surface area contributed by atoms with E-state index in [0.29, 0.717) is 11.5 Å². The average molecular weight is 408 g/mol. The summed E-state index contributed by atoms with van der Waals surface area (Å²) < 4.78 is 0. The molecule has 5 nitrogen and oxygen atoms in total. The number of aromatic nitrogens is 2. The molecule has 0 bridgehead atoms. The number of aryl methyl sites for hydroxylation is 3. The topological polar surface area (TPSA) is 66.3 Å². The number of fused-ring (bicyclic) bond motifs is 1. The Morgan fingerprint density at radius 3 is 2.97 bits per heavy atom. The predicted molar refractivity (Wildman–Crippen MR) is 117 cm³/mol. The number of carboxylic acids is 1. The Bertz CT molecular complexity index is 1030. The largest absolute Gasteiger partial charge is 0.478 e. The molecule has 1 aliphatic carbocycles. The van der Waals surface area contributed by atoms with Crippen molar-refractivity contribution in [1.82, 2.24) is 9.97 Å². The Kier molecular flexibility index (Phi) is 5.62. The van der Waals surface area contributed by atoms with Crippen molar-refractivity contribution in [3.63, 3.8) is 0 Å². The molecular formula is C23H25N3O2S. The first-order chi connectivity index (χ1) is 14.0. The summed E-state index contributed by atoms with van der Waals surface area (Å²) in [5, 5.41) is 12.6. The Labute approximate surface area is 175 Å². The number of anilines is 2. The minimum atomic E-state index is -0.878. The summed E-state index contributed by atoms with van der Waals surface area (Å²) >= 11 is 1.66. The van der Waals surface area contributed by atoms with E-state index >= 15 is 0 Å². The summed E-state index contributed by atoms with van der Waals surface area (Å²) in [6.07, 6.45) is 8.33. The molecule has 4 rings (SSSR count). The molecule has 0 amide bonds. The summed E-state index contributed by atoms with van der Waals surface area (Å²) in [6.45, 7) is 2.03. The van der Waals surface area contributed by atoms with Crippen LogP contribution in [0.2, 0.25) is 0 Å². The zero-order valence-electron chi connectivity index (χ0n) is 16.8. The second-order valence-electron chi connectivity index (χ2n) is 7.63. The SMILES string of the molecule is Cc1nc(N(C)c2ccc3c(c2)CCC[C@H]3CCc2cnccc2C(=O)O)cs1. The van der Waals surface area contributed by atoms with Crippen LogP contribution in [0.15, 0.2) is 42.0 Å². The van der Waals surface area contributed by atoms with Crippen LogP contribution < -0.4 is 4.90 Å². The Hall–Kier alpha value is -2.73. The van der Waals surface area contributed by atoms with Crippen molar-refractivity contribution in [3.8, 4) is 0 Å². The quantitative estimate of drug-likeness (QED) is 0.595. The third kappa shape index (κ3) is 4.17. The maximum atomic E-state index is 11.5. The van der Waals surface area contributed by atoms with Gasteiger partial charge in [0.1, 0.15) is 5.82 Å². The van der Waals surface area contributed by atoms with E-state index in [0.717, 1.165) is 47.8 Å². The van der Waals surface area contributed by atoms with Gasteiger partial charge in [0.05, 0.1) is 10.6 Å². The maximum absolute atomic E-state index is 11.5. The molecule has 150 valence electrons. The van der Waals surface area contributed by atoms with Gasteiger partial charge in [0.2, 0.25) is 0 Å². The molecule has 0 aliphatic heterocycles. The zero-order valence-corrected chi connectivity index (χ0v) is 17.6. The number of hydrogen-bond donors (Lipinski definition) is 1. The highest BCUT2D eigenvalue weighted by molar-refractivity contribution is 7.09. The van der Waals surface area contributed by atoms with Gasteiger partial charge in [-0.05, 0) is 79.8 Å². The molecule has 0 spiro atoms. The van der Waals surface area contributed by atoms with Crippen molar-refractivity contribution < 1.29 is 9.90 Å².